The molecule has 3 rings (SSSR count). The number of hydrogen-bond acceptors (Lipinski definition) is 3. The van der Waals surface area contributed by atoms with Crippen molar-refractivity contribution in [1.29, 1.82) is 0 Å². The van der Waals surface area contributed by atoms with E-state index < -0.39 is 0 Å². The lowest BCUT2D eigenvalue weighted by Crippen LogP contribution is -1.93. The minimum atomic E-state index is 0.844. The molecule has 0 saturated heterocycles. The summed E-state index contributed by atoms with van der Waals surface area (Å²) >= 11 is 0. The smallest absolute Gasteiger partial charge is 0.121 e. The second-order valence-electron chi connectivity index (χ2n) is 4.42. The van der Waals surface area contributed by atoms with Crippen molar-refractivity contribution >= 4 is 11.0 Å². The minimum Gasteiger partial charge on any atom is -0.497 e. The fourth-order valence-electron chi connectivity index (χ4n) is 2.10. The van der Waals surface area contributed by atoms with E-state index in [2.05, 4.69) is 15.0 Å². The average molecular weight is 253 g/mol. The number of imidazole rings is 1. The van der Waals surface area contributed by atoms with Gasteiger partial charge in [-0.15, -0.1) is 0 Å². The number of nitrogens with one attached hydrogen (secondary N) is 1. The van der Waals surface area contributed by atoms with Gasteiger partial charge in [0.05, 0.1) is 18.1 Å². The van der Waals surface area contributed by atoms with Gasteiger partial charge in [0.2, 0.25) is 0 Å². The quantitative estimate of drug-likeness (QED) is 0.777. The number of pyridine rings is 1. The summed E-state index contributed by atoms with van der Waals surface area (Å²) in [5.41, 5.74) is 3.27. The molecule has 0 bridgehead atoms. The SMILES string of the molecule is COc1ccc2nc(CCc3ccncc3)[nH]c2c1. The molecule has 2 heterocycles. The Balaban J connectivity index is 1.78. The molecule has 0 aliphatic rings. The van der Waals surface area contributed by atoms with Crippen molar-refractivity contribution in [1.82, 2.24) is 15.0 Å². The Kier molecular flexibility index (Phi) is 3.14. The molecule has 0 saturated carbocycles. The van der Waals surface area contributed by atoms with E-state index in [1.54, 1.807) is 7.11 Å². The predicted octanol–water partition coefficient (Wildman–Crippen LogP) is 2.75. The van der Waals surface area contributed by atoms with E-state index in [0.717, 1.165) is 35.4 Å². The number of aromatic nitrogens is 3. The molecule has 0 aliphatic carbocycles. The first-order valence-electron chi connectivity index (χ1n) is 6.27. The summed E-state index contributed by atoms with van der Waals surface area (Å²) in [4.78, 5) is 11.9. The number of aryl methyl sites for hydroxylation is 2. The van der Waals surface area contributed by atoms with Crippen LogP contribution in [0.2, 0.25) is 0 Å². The Morgan fingerprint density at radius 2 is 1.95 bits per heavy atom. The lowest BCUT2D eigenvalue weighted by molar-refractivity contribution is 0.415. The van der Waals surface area contributed by atoms with Gasteiger partial charge in [0.15, 0.2) is 0 Å². The molecule has 0 radical (unpaired) electrons. The van der Waals surface area contributed by atoms with E-state index in [1.165, 1.54) is 5.56 Å². The third kappa shape index (κ3) is 2.57. The van der Waals surface area contributed by atoms with Gasteiger partial charge in [0.1, 0.15) is 11.6 Å². The van der Waals surface area contributed by atoms with Crippen molar-refractivity contribution in [2.45, 2.75) is 12.8 Å². The zero-order valence-corrected chi connectivity index (χ0v) is 10.8. The van der Waals surface area contributed by atoms with Gasteiger partial charge < -0.3 is 9.72 Å². The highest BCUT2D eigenvalue weighted by atomic mass is 16.5. The predicted molar refractivity (Wildman–Crippen MR) is 74.3 cm³/mol. The molecule has 0 unspecified atom stereocenters. The number of aromatic amines is 1. The first-order chi connectivity index (χ1) is 9.35. The molecule has 1 aromatic carbocycles. The van der Waals surface area contributed by atoms with Crippen molar-refractivity contribution in [3.63, 3.8) is 0 Å². The number of nitrogens with zero attached hydrogens (tertiary/aromatic N) is 2. The summed E-state index contributed by atoms with van der Waals surface area (Å²) in [5.74, 6) is 1.84. The molecular formula is C15H15N3O. The molecule has 96 valence electrons. The van der Waals surface area contributed by atoms with Crippen LogP contribution in [0.1, 0.15) is 11.4 Å². The highest BCUT2D eigenvalue weighted by Gasteiger charge is 2.04. The summed E-state index contributed by atoms with van der Waals surface area (Å²) in [6.45, 7) is 0. The van der Waals surface area contributed by atoms with Gasteiger partial charge in [-0.1, -0.05) is 0 Å². The first kappa shape index (κ1) is 11.7. The van der Waals surface area contributed by atoms with Gasteiger partial charge in [-0.2, -0.15) is 0 Å². The van der Waals surface area contributed by atoms with E-state index >= 15 is 0 Å². The van der Waals surface area contributed by atoms with E-state index in [-0.39, 0.29) is 0 Å². The van der Waals surface area contributed by atoms with Gasteiger partial charge in [0.25, 0.3) is 0 Å². The van der Waals surface area contributed by atoms with Crippen LogP contribution in [0, 0.1) is 0 Å². The van der Waals surface area contributed by atoms with Crippen LogP contribution in [0.25, 0.3) is 11.0 Å². The molecule has 0 atom stereocenters. The lowest BCUT2D eigenvalue weighted by atomic mass is 10.1. The number of hydrogen-bond donors (Lipinski definition) is 1. The van der Waals surface area contributed by atoms with Crippen LogP contribution in [0.4, 0.5) is 0 Å². The molecule has 0 spiro atoms. The van der Waals surface area contributed by atoms with Gasteiger partial charge in [-0.25, -0.2) is 4.98 Å². The van der Waals surface area contributed by atoms with Crippen LogP contribution >= 0.6 is 0 Å². The zero-order chi connectivity index (χ0) is 13.1. The molecular weight excluding hydrogens is 238 g/mol. The summed E-state index contributed by atoms with van der Waals surface area (Å²) in [5, 5.41) is 0. The zero-order valence-electron chi connectivity index (χ0n) is 10.8. The molecule has 0 aliphatic heterocycles. The molecule has 4 heteroatoms. The fraction of sp³-hybridized carbons (Fsp3) is 0.200. The van der Waals surface area contributed by atoms with Gasteiger partial charge in [-0.05, 0) is 36.2 Å². The third-order valence-corrected chi connectivity index (χ3v) is 3.14. The van der Waals surface area contributed by atoms with Crippen molar-refractivity contribution in [2.24, 2.45) is 0 Å². The molecule has 0 amide bonds. The summed E-state index contributed by atoms with van der Waals surface area (Å²) in [6, 6.07) is 9.94. The van der Waals surface area contributed by atoms with Crippen LogP contribution in [0.3, 0.4) is 0 Å². The number of H-pyrrole nitrogens is 1. The average Bonchev–Trinajstić information content (AvgIpc) is 2.88. The second kappa shape index (κ2) is 5.10. The maximum absolute atomic E-state index is 5.21. The number of benzene rings is 1. The van der Waals surface area contributed by atoms with Crippen molar-refractivity contribution in [3.05, 3.63) is 54.1 Å². The summed E-state index contributed by atoms with van der Waals surface area (Å²) in [6.07, 6.45) is 5.48. The first-order valence-corrected chi connectivity index (χ1v) is 6.27. The number of ether oxygens (including phenoxy) is 1. The van der Waals surface area contributed by atoms with E-state index in [4.69, 9.17) is 4.74 Å². The Morgan fingerprint density at radius 3 is 2.74 bits per heavy atom. The van der Waals surface area contributed by atoms with Gasteiger partial charge in [0, 0.05) is 24.9 Å². The highest BCUT2D eigenvalue weighted by Crippen LogP contribution is 2.19. The number of rotatable bonds is 4. The standard InChI is InChI=1S/C15H15N3O/c1-19-12-3-4-13-14(10-12)18-15(17-13)5-2-11-6-8-16-9-7-11/h3-4,6-10H,2,5H2,1H3,(H,17,18). The molecule has 2 aromatic heterocycles. The summed E-state index contributed by atoms with van der Waals surface area (Å²) in [7, 11) is 1.67. The maximum atomic E-state index is 5.21. The third-order valence-electron chi connectivity index (χ3n) is 3.14. The fourth-order valence-corrected chi connectivity index (χ4v) is 2.10. The molecule has 19 heavy (non-hydrogen) atoms. The second-order valence-corrected chi connectivity index (χ2v) is 4.42. The summed E-state index contributed by atoms with van der Waals surface area (Å²) < 4.78 is 5.21. The molecule has 1 N–H and O–H groups in total. The highest BCUT2D eigenvalue weighted by molar-refractivity contribution is 5.76. The molecule has 4 nitrogen and oxygen atoms in total. The Morgan fingerprint density at radius 1 is 1.11 bits per heavy atom. The van der Waals surface area contributed by atoms with E-state index in [1.807, 2.05) is 42.7 Å². The topological polar surface area (TPSA) is 50.8 Å². The maximum Gasteiger partial charge on any atom is 0.121 e. The minimum absolute atomic E-state index is 0.844. The van der Waals surface area contributed by atoms with Crippen LogP contribution in [0.15, 0.2) is 42.7 Å². The molecule has 3 aromatic rings. The Bertz CT molecular complexity index is 676. The van der Waals surface area contributed by atoms with Crippen molar-refractivity contribution in [2.75, 3.05) is 7.11 Å². The lowest BCUT2D eigenvalue weighted by Gasteiger charge is -1.97. The number of methoxy groups -OCH3 is 1. The van der Waals surface area contributed by atoms with Gasteiger partial charge in [-0.3, -0.25) is 4.98 Å². The van der Waals surface area contributed by atoms with Crippen LogP contribution in [0.5, 0.6) is 5.75 Å². The van der Waals surface area contributed by atoms with Gasteiger partial charge >= 0.3 is 0 Å². The molecule has 0 fully saturated rings. The van der Waals surface area contributed by atoms with Crippen molar-refractivity contribution in [3.8, 4) is 5.75 Å². The number of fused-ring (bicyclic) bond motifs is 1. The Labute approximate surface area is 111 Å². The van der Waals surface area contributed by atoms with Crippen LogP contribution in [-0.4, -0.2) is 22.1 Å². The Hall–Kier alpha value is -2.36. The monoisotopic (exact) mass is 253 g/mol. The van der Waals surface area contributed by atoms with Crippen LogP contribution in [-0.2, 0) is 12.8 Å². The van der Waals surface area contributed by atoms with E-state index in [0.29, 0.717) is 0 Å². The van der Waals surface area contributed by atoms with E-state index in [9.17, 15) is 0 Å². The van der Waals surface area contributed by atoms with Crippen molar-refractivity contribution < 1.29 is 4.74 Å². The largest absolute Gasteiger partial charge is 0.497 e. The normalized spacial score (nSPS) is 10.8. The van der Waals surface area contributed by atoms with Crippen LogP contribution < -0.4 is 4.74 Å².